The second kappa shape index (κ2) is 10.7. The van der Waals surface area contributed by atoms with Gasteiger partial charge < -0.3 is 29.5 Å². The molecule has 3 rings (SSSR count). The molecule has 0 unspecified atom stereocenters. The zero-order valence-electron chi connectivity index (χ0n) is 21.2. The van der Waals surface area contributed by atoms with Gasteiger partial charge in [0.15, 0.2) is 11.5 Å². The molecule has 1 aliphatic rings. The van der Waals surface area contributed by atoms with Crippen LogP contribution in [0, 0.1) is 19.8 Å². The number of para-hydroxylation sites is 1. The molecular formula is C23H33N5O7S. The zero-order valence-corrected chi connectivity index (χ0v) is 22.0. The zero-order chi connectivity index (χ0) is 26.8. The summed E-state index contributed by atoms with van der Waals surface area (Å²) in [5, 5.41) is 16.4. The number of fused-ring (bicyclic) bond motifs is 1. The number of benzene rings is 1. The summed E-state index contributed by atoms with van der Waals surface area (Å²) in [7, 11) is -2.07. The minimum atomic E-state index is -3.67. The smallest absolute Gasteiger partial charge is 0.321 e. The van der Waals surface area contributed by atoms with E-state index >= 15 is 0 Å². The number of carbonyl (C=O) groups is 2. The van der Waals surface area contributed by atoms with Gasteiger partial charge in [0.05, 0.1) is 36.7 Å². The summed E-state index contributed by atoms with van der Waals surface area (Å²) < 4.78 is 37.8. The summed E-state index contributed by atoms with van der Waals surface area (Å²) in [4.78, 5) is 29.3. The fraction of sp³-hybridized carbons (Fsp3) is 0.522. The van der Waals surface area contributed by atoms with Gasteiger partial charge in [-0.1, -0.05) is 18.1 Å². The van der Waals surface area contributed by atoms with Crippen molar-refractivity contribution in [3.05, 3.63) is 35.2 Å². The van der Waals surface area contributed by atoms with Crippen LogP contribution in [-0.2, 0) is 10.0 Å². The van der Waals surface area contributed by atoms with Gasteiger partial charge in [-0.15, -0.1) is 0 Å². The predicted octanol–water partition coefficient (Wildman–Crippen LogP) is 2.05. The SMILES string of the molecule is Cc1noc(C)c1NC(=O)N(C)C[C@H]1Oc2c(NS(C)(=O)=O)cccc2C(=O)N([C@@H](C)CO)C[C@@H]1C. The van der Waals surface area contributed by atoms with E-state index in [0.717, 1.165) is 6.26 Å². The molecule has 198 valence electrons. The third-order valence-electron chi connectivity index (χ3n) is 6.05. The van der Waals surface area contributed by atoms with Crippen molar-refractivity contribution in [2.75, 3.05) is 43.0 Å². The lowest BCUT2D eigenvalue weighted by Gasteiger charge is -2.38. The van der Waals surface area contributed by atoms with E-state index in [2.05, 4.69) is 15.2 Å². The number of urea groups is 1. The Hall–Kier alpha value is -3.32. The predicted molar refractivity (Wildman–Crippen MR) is 134 cm³/mol. The topological polar surface area (TPSA) is 154 Å². The van der Waals surface area contributed by atoms with Gasteiger partial charge in [-0.3, -0.25) is 9.52 Å². The molecule has 12 nitrogen and oxygen atoms in total. The Morgan fingerprint density at radius 1 is 1.36 bits per heavy atom. The average molecular weight is 524 g/mol. The number of aryl methyl sites for hydroxylation is 2. The number of anilines is 2. The number of nitrogens with one attached hydrogen (secondary N) is 2. The van der Waals surface area contributed by atoms with Crippen molar-refractivity contribution < 1.29 is 32.4 Å². The van der Waals surface area contributed by atoms with Gasteiger partial charge in [-0.2, -0.15) is 0 Å². The highest BCUT2D eigenvalue weighted by Gasteiger charge is 2.35. The molecule has 0 fully saturated rings. The van der Waals surface area contributed by atoms with Gasteiger partial charge in [0.2, 0.25) is 10.0 Å². The van der Waals surface area contributed by atoms with E-state index in [0.29, 0.717) is 17.1 Å². The summed E-state index contributed by atoms with van der Waals surface area (Å²) >= 11 is 0. The molecule has 0 aliphatic carbocycles. The molecule has 0 saturated heterocycles. The number of ether oxygens (including phenoxy) is 1. The summed E-state index contributed by atoms with van der Waals surface area (Å²) in [5.74, 6) is -0.128. The number of sulfonamides is 1. The van der Waals surface area contributed by atoms with Crippen molar-refractivity contribution in [2.24, 2.45) is 5.92 Å². The normalized spacial score (nSPS) is 19.0. The van der Waals surface area contributed by atoms with Crippen molar-refractivity contribution in [3.63, 3.8) is 0 Å². The highest BCUT2D eigenvalue weighted by atomic mass is 32.2. The second-order valence-electron chi connectivity index (χ2n) is 9.19. The maximum atomic E-state index is 13.4. The number of amides is 3. The summed E-state index contributed by atoms with van der Waals surface area (Å²) in [6.45, 7) is 7.13. The minimum absolute atomic E-state index is 0.0687. The van der Waals surface area contributed by atoms with E-state index in [9.17, 15) is 23.1 Å². The molecule has 0 radical (unpaired) electrons. The molecule has 13 heteroatoms. The average Bonchev–Trinajstić information content (AvgIpc) is 3.12. The first-order chi connectivity index (χ1) is 16.8. The second-order valence-corrected chi connectivity index (χ2v) is 10.9. The van der Waals surface area contributed by atoms with E-state index < -0.39 is 34.1 Å². The first-order valence-corrected chi connectivity index (χ1v) is 13.4. The van der Waals surface area contributed by atoms with Crippen LogP contribution < -0.4 is 14.8 Å². The lowest BCUT2D eigenvalue weighted by molar-refractivity contribution is 0.0373. The number of hydrogen-bond donors (Lipinski definition) is 3. The van der Waals surface area contributed by atoms with Crippen LogP contribution in [0.3, 0.4) is 0 Å². The lowest BCUT2D eigenvalue weighted by Crippen LogP contribution is -2.50. The van der Waals surface area contributed by atoms with Crippen LogP contribution in [0.5, 0.6) is 5.75 Å². The number of aliphatic hydroxyl groups is 1. The van der Waals surface area contributed by atoms with Crippen LogP contribution >= 0.6 is 0 Å². The fourth-order valence-corrected chi connectivity index (χ4v) is 4.52. The molecule has 36 heavy (non-hydrogen) atoms. The van der Waals surface area contributed by atoms with E-state index in [1.165, 1.54) is 15.9 Å². The van der Waals surface area contributed by atoms with Gasteiger partial charge in [-0.05, 0) is 32.9 Å². The number of aromatic nitrogens is 1. The molecule has 1 aromatic carbocycles. The van der Waals surface area contributed by atoms with Crippen molar-refractivity contribution in [2.45, 2.75) is 39.8 Å². The van der Waals surface area contributed by atoms with Crippen LogP contribution in [0.1, 0.15) is 35.7 Å². The van der Waals surface area contributed by atoms with Crippen LogP contribution in [0.15, 0.2) is 22.7 Å². The number of nitrogens with zero attached hydrogens (tertiary/aromatic N) is 3. The number of carbonyl (C=O) groups excluding carboxylic acids is 2. The molecule has 0 bridgehead atoms. The Kier molecular flexibility index (Phi) is 8.14. The molecular weight excluding hydrogens is 490 g/mol. The maximum absolute atomic E-state index is 13.4. The first kappa shape index (κ1) is 27.3. The monoisotopic (exact) mass is 523 g/mol. The number of likely N-dealkylation sites (N-methyl/N-ethyl adjacent to an activating group) is 1. The van der Waals surface area contributed by atoms with Gasteiger partial charge in [0.25, 0.3) is 5.91 Å². The van der Waals surface area contributed by atoms with E-state index in [-0.39, 0.29) is 42.6 Å². The number of rotatable bonds is 7. The standard InChI is InChI=1S/C23H33N5O7S/c1-13-10-28(14(2)12-29)22(30)17-8-7-9-18(26-36(6,32)33)21(17)34-19(13)11-27(5)23(31)24-20-15(3)25-35-16(20)4/h7-9,13-14,19,26,29H,10-12H2,1-6H3,(H,24,31)/t13-,14-,19+/m0/s1. The van der Waals surface area contributed by atoms with E-state index in [1.807, 2.05) is 6.92 Å². The van der Waals surface area contributed by atoms with Crippen molar-refractivity contribution in [1.29, 1.82) is 0 Å². The first-order valence-electron chi connectivity index (χ1n) is 11.5. The van der Waals surface area contributed by atoms with Crippen LogP contribution in [0.25, 0.3) is 0 Å². The van der Waals surface area contributed by atoms with Crippen molar-refractivity contribution in [3.8, 4) is 5.75 Å². The molecule has 3 atom stereocenters. The number of hydrogen-bond acceptors (Lipinski definition) is 8. The highest BCUT2D eigenvalue weighted by Crippen LogP contribution is 2.35. The molecule has 2 heterocycles. The summed E-state index contributed by atoms with van der Waals surface area (Å²) in [6, 6.07) is 3.70. The Balaban J connectivity index is 1.96. The van der Waals surface area contributed by atoms with Crippen molar-refractivity contribution >= 4 is 33.3 Å². The molecule has 1 aromatic heterocycles. The minimum Gasteiger partial charge on any atom is -0.485 e. The third-order valence-corrected chi connectivity index (χ3v) is 6.64. The van der Waals surface area contributed by atoms with E-state index in [1.54, 1.807) is 40.0 Å². The van der Waals surface area contributed by atoms with E-state index in [4.69, 9.17) is 9.26 Å². The van der Waals surface area contributed by atoms with Crippen LogP contribution in [0.4, 0.5) is 16.2 Å². The Bertz CT molecular complexity index is 1210. The Labute approximate surface area is 210 Å². The third kappa shape index (κ3) is 6.08. The quantitative estimate of drug-likeness (QED) is 0.498. The van der Waals surface area contributed by atoms with Gasteiger partial charge in [0.1, 0.15) is 17.5 Å². The molecule has 2 aromatic rings. The molecule has 3 N–H and O–H groups in total. The fourth-order valence-electron chi connectivity index (χ4n) is 3.96. The Morgan fingerprint density at radius 3 is 2.64 bits per heavy atom. The molecule has 0 saturated carbocycles. The van der Waals surface area contributed by atoms with Crippen molar-refractivity contribution in [1.82, 2.24) is 15.0 Å². The van der Waals surface area contributed by atoms with Gasteiger partial charge in [-0.25, -0.2) is 13.2 Å². The summed E-state index contributed by atoms with van der Waals surface area (Å²) in [6.07, 6.45) is 0.387. The largest absolute Gasteiger partial charge is 0.485 e. The van der Waals surface area contributed by atoms with Crippen LogP contribution in [0.2, 0.25) is 0 Å². The molecule has 0 spiro atoms. The maximum Gasteiger partial charge on any atom is 0.321 e. The lowest BCUT2D eigenvalue weighted by atomic mass is 9.99. The molecule has 3 amide bonds. The summed E-state index contributed by atoms with van der Waals surface area (Å²) in [5.41, 5.74) is 1.30. The Morgan fingerprint density at radius 2 is 2.06 bits per heavy atom. The van der Waals surface area contributed by atoms with Crippen LogP contribution in [-0.4, -0.2) is 85.6 Å². The highest BCUT2D eigenvalue weighted by molar-refractivity contribution is 7.92. The number of aliphatic hydroxyl groups excluding tert-OH is 1. The van der Waals surface area contributed by atoms with Gasteiger partial charge in [0, 0.05) is 19.5 Å². The van der Waals surface area contributed by atoms with Gasteiger partial charge >= 0.3 is 6.03 Å². The molecule has 1 aliphatic heterocycles.